The summed E-state index contributed by atoms with van der Waals surface area (Å²) < 4.78 is 0. The van der Waals surface area contributed by atoms with E-state index in [-0.39, 0.29) is 11.8 Å². The number of carbonyl (C=O) groups is 1. The van der Waals surface area contributed by atoms with Crippen LogP contribution in [0.3, 0.4) is 0 Å². The third-order valence-electron chi connectivity index (χ3n) is 3.51. The van der Waals surface area contributed by atoms with Crippen molar-refractivity contribution in [1.82, 2.24) is 0 Å². The molecule has 92 valence electrons. The zero-order valence-corrected chi connectivity index (χ0v) is 10.5. The number of carbonyl (C=O) groups excluding carboxylic acids is 1. The fourth-order valence-electron chi connectivity index (χ4n) is 2.51. The lowest BCUT2D eigenvalue weighted by Crippen LogP contribution is -2.11. The van der Waals surface area contributed by atoms with Gasteiger partial charge in [-0.3, -0.25) is 4.79 Å². The minimum Gasteiger partial charge on any atom is -0.325 e. The van der Waals surface area contributed by atoms with Crippen molar-refractivity contribution in [3.63, 3.8) is 0 Å². The average Bonchev–Trinajstić information content (AvgIpc) is 2.65. The molecule has 0 aliphatic carbocycles. The molecule has 1 aliphatic heterocycles. The van der Waals surface area contributed by atoms with Crippen LogP contribution in [0.4, 0.5) is 5.69 Å². The van der Waals surface area contributed by atoms with E-state index >= 15 is 0 Å². The first-order valence-corrected chi connectivity index (χ1v) is 6.72. The summed E-state index contributed by atoms with van der Waals surface area (Å²) in [6.07, 6.45) is 7.28. The average molecular weight is 231 g/mol. The Morgan fingerprint density at radius 3 is 2.71 bits per heavy atom. The molecule has 1 amide bonds. The van der Waals surface area contributed by atoms with Crippen molar-refractivity contribution < 1.29 is 4.79 Å². The van der Waals surface area contributed by atoms with Gasteiger partial charge in [0, 0.05) is 5.69 Å². The van der Waals surface area contributed by atoms with Crippen LogP contribution in [0.2, 0.25) is 0 Å². The van der Waals surface area contributed by atoms with E-state index in [0.29, 0.717) is 0 Å². The normalized spacial score (nSPS) is 17.9. The molecular formula is C15H21NO. The Morgan fingerprint density at radius 1 is 1.12 bits per heavy atom. The quantitative estimate of drug-likeness (QED) is 0.734. The minimum absolute atomic E-state index is 0.0906. The Balaban J connectivity index is 1.87. The highest BCUT2D eigenvalue weighted by atomic mass is 16.2. The first-order valence-electron chi connectivity index (χ1n) is 6.72. The molecule has 0 aromatic heterocycles. The number of nitrogens with one attached hydrogen (secondary N) is 1. The largest absolute Gasteiger partial charge is 0.325 e. The molecule has 1 aliphatic rings. The van der Waals surface area contributed by atoms with Gasteiger partial charge in [-0.2, -0.15) is 0 Å². The van der Waals surface area contributed by atoms with E-state index in [1.54, 1.807) is 0 Å². The predicted octanol–water partition coefficient (Wildman–Crippen LogP) is 4.08. The van der Waals surface area contributed by atoms with E-state index in [1.165, 1.54) is 31.2 Å². The second kappa shape index (κ2) is 5.85. The summed E-state index contributed by atoms with van der Waals surface area (Å²) in [5.41, 5.74) is 2.20. The van der Waals surface area contributed by atoms with Gasteiger partial charge in [0.15, 0.2) is 0 Å². The highest BCUT2D eigenvalue weighted by molar-refractivity contribution is 6.02. The van der Waals surface area contributed by atoms with Crippen LogP contribution in [0.1, 0.15) is 56.9 Å². The summed E-state index contributed by atoms with van der Waals surface area (Å²) in [4.78, 5) is 11.8. The van der Waals surface area contributed by atoms with Gasteiger partial charge in [-0.1, -0.05) is 57.2 Å². The zero-order chi connectivity index (χ0) is 12.1. The third kappa shape index (κ3) is 2.87. The van der Waals surface area contributed by atoms with E-state index in [1.807, 2.05) is 18.2 Å². The number of para-hydroxylation sites is 1. The maximum atomic E-state index is 11.8. The molecule has 0 saturated heterocycles. The van der Waals surface area contributed by atoms with Crippen LogP contribution in [-0.2, 0) is 4.79 Å². The highest BCUT2D eigenvalue weighted by Gasteiger charge is 2.29. The maximum Gasteiger partial charge on any atom is 0.232 e. The van der Waals surface area contributed by atoms with Gasteiger partial charge in [-0.05, 0) is 18.1 Å². The van der Waals surface area contributed by atoms with Gasteiger partial charge in [-0.15, -0.1) is 0 Å². The van der Waals surface area contributed by atoms with Gasteiger partial charge in [-0.25, -0.2) is 0 Å². The fourth-order valence-corrected chi connectivity index (χ4v) is 2.51. The Morgan fingerprint density at radius 2 is 1.88 bits per heavy atom. The molecule has 2 nitrogen and oxygen atoms in total. The van der Waals surface area contributed by atoms with Crippen molar-refractivity contribution in [2.24, 2.45) is 0 Å². The summed E-state index contributed by atoms with van der Waals surface area (Å²) in [7, 11) is 0. The molecule has 0 bridgehead atoms. The van der Waals surface area contributed by atoms with Crippen LogP contribution < -0.4 is 5.32 Å². The molecule has 1 unspecified atom stereocenters. The molecule has 0 saturated carbocycles. The van der Waals surface area contributed by atoms with Crippen molar-refractivity contribution in [2.75, 3.05) is 5.32 Å². The minimum atomic E-state index is 0.0906. The first-order chi connectivity index (χ1) is 8.33. The smallest absolute Gasteiger partial charge is 0.232 e. The van der Waals surface area contributed by atoms with Gasteiger partial charge >= 0.3 is 0 Å². The van der Waals surface area contributed by atoms with Crippen molar-refractivity contribution >= 4 is 11.6 Å². The molecule has 2 heteroatoms. The first kappa shape index (κ1) is 12.2. The maximum absolute atomic E-state index is 11.8. The summed E-state index contributed by atoms with van der Waals surface area (Å²) in [6.45, 7) is 2.22. The highest BCUT2D eigenvalue weighted by Crippen LogP contribution is 2.35. The topological polar surface area (TPSA) is 29.1 Å². The summed E-state index contributed by atoms with van der Waals surface area (Å²) in [5, 5.41) is 2.96. The van der Waals surface area contributed by atoms with Gasteiger partial charge in [0.25, 0.3) is 0 Å². The standard InChI is InChI=1S/C15H21NO/c1-2-3-4-5-6-10-13-12-9-7-8-11-14(12)16-15(13)17/h7-9,11,13H,2-6,10H2,1H3,(H,16,17). The van der Waals surface area contributed by atoms with Crippen LogP contribution in [0.15, 0.2) is 24.3 Å². The Kier molecular flexibility index (Phi) is 4.18. The molecule has 1 N–H and O–H groups in total. The number of fused-ring (bicyclic) bond motifs is 1. The van der Waals surface area contributed by atoms with Gasteiger partial charge in [0.1, 0.15) is 0 Å². The van der Waals surface area contributed by atoms with E-state index in [2.05, 4.69) is 18.3 Å². The third-order valence-corrected chi connectivity index (χ3v) is 3.51. The molecule has 0 spiro atoms. The molecular weight excluding hydrogens is 210 g/mol. The molecule has 1 atom stereocenters. The van der Waals surface area contributed by atoms with E-state index < -0.39 is 0 Å². The van der Waals surface area contributed by atoms with Gasteiger partial charge in [0.2, 0.25) is 5.91 Å². The van der Waals surface area contributed by atoms with Crippen LogP contribution in [0, 0.1) is 0 Å². The second-order valence-electron chi connectivity index (χ2n) is 4.83. The monoisotopic (exact) mass is 231 g/mol. The van der Waals surface area contributed by atoms with Gasteiger partial charge < -0.3 is 5.32 Å². The second-order valence-corrected chi connectivity index (χ2v) is 4.83. The number of unbranched alkanes of at least 4 members (excludes halogenated alkanes) is 4. The van der Waals surface area contributed by atoms with E-state index in [0.717, 1.165) is 18.5 Å². The van der Waals surface area contributed by atoms with Crippen molar-refractivity contribution in [3.05, 3.63) is 29.8 Å². The van der Waals surface area contributed by atoms with E-state index in [9.17, 15) is 4.79 Å². The molecule has 0 fully saturated rings. The SMILES string of the molecule is CCCCCCCC1C(=O)Nc2ccccc21. The Bertz CT molecular complexity index is 386. The van der Waals surface area contributed by atoms with Crippen LogP contribution >= 0.6 is 0 Å². The van der Waals surface area contributed by atoms with Crippen molar-refractivity contribution in [2.45, 2.75) is 51.4 Å². The lowest BCUT2D eigenvalue weighted by atomic mass is 9.94. The fraction of sp³-hybridized carbons (Fsp3) is 0.533. The molecule has 0 radical (unpaired) electrons. The number of rotatable bonds is 6. The number of benzene rings is 1. The summed E-state index contributed by atoms with van der Waals surface area (Å²) in [6, 6.07) is 8.06. The molecule has 1 aromatic rings. The van der Waals surface area contributed by atoms with Gasteiger partial charge in [0.05, 0.1) is 5.92 Å². The number of anilines is 1. The van der Waals surface area contributed by atoms with E-state index in [4.69, 9.17) is 0 Å². The Hall–Kier alpha value is -1.31. The molecule has 2 rings (SSSR count). The molecule has 17 heavy (non-hydrogen) atoms. The molecule has 1 aromatic carbocycles. The number of amides is 1. The van der Waals surface area contributed by atoms with Crippen LogP contribution in [0.25, 0.3) is 0 Å². The Labute approximate surface area is 103 Å². The van der Waals surface area contributed by atoms with Crippen molar-refractivity contribution in [1.29, 1.82) is 0 Å². The predicted molar refractivity (Wildman–Crippen MR) is 71.2 cm³/mol. The number of hydrogen-bond donors (Lipinski definition) is 1. The van der Waals surface area contributed by atoms with Crippen LogP contribution in [0.5, 0.6) is 0 Å². The van der Waals surface area contributed by atoms with Crippen LogP contribution in [-0.4, -0.2) is 5.91 Å². The molecule has 1 heterocycles. The summed E-state index contributed by atoms with van der Waals surface area (Å²) >= 11 is 0. The summed E-state index contributed by atoms with van der Waals surface area (Å²) in [5.74, 6) is 0.273. The lowest BCUT2D eigenvalue weighted by molar-refractivity contribution is -0.117. The van der Waals surface area contributed by atoms with Crippen molar-refractivity contribution in [3.8, 4) is 0 Å². The zero-order valence-electron chi connectivity index (χ0n) is 10.5. The number of hydrogen-bond acceptors (Lipinski definition) is 1. The lowest BCUT2D eigenvalue weighted by Gasteiger charge is -2.08.